The molecule has 1 aliphatic carbocycles. The lowest BCUT2D eigenvalue weighted by Gasteiger charge is -2.22. The van der Waals surface area contributed by atoms with Gasteiger partial charge in [-0.15, -0.1) is 0 Å². The summed E-state index contributed by atoms with van der Waals surface area (Å²) in [4.78, 5) is 11.4. The molecule has 44 heavy (non-hydrogen) atoms. The van der Waals surface area contributed by atoms with Gasteiger partial charge in [0.1, 0.15) is 18.5 Å². The van der Waals surface area contributed by atoms with Crippen LogP contribution in [-0.4, -0.2) is 37.0 Å². The van der Waals surface area contributed by atoms with Crippen LogP contribution in [0, 0.1) is 0 Å². The lowest BCUT2D eigenvalue weighted by molar-refractivity contribution is -0.149. The predicted molar refractivity (Wildman–Crippen MR) is 176 cm³/mol. The third-order valence-corrected chi connectivity index (χ3v) is 8.02. The highest BCUT2D eigenvalue weighted by Crippen LogP contribution is 2.36. The van der Waals surface area contributed by atoms with E-state index in [1.807, 2.05) is 24.3 Å². The van der Waals surface area contributed by atoms with Gasteiger partial charge in [-0.25, -0.2) is 4.79 Å². The molecule has 5 heteroatoms. The van der Waals surface area contributed by atoms with Crippen molar-refractivity contribution in [1.82, 2.24) is 0 Å². The lowest BCUT2D eigenvalue weighted by atomic mass is 9.93. The highest BCUT2D eigenvalue weighted by molar-refractivity contribution is 5.77. The summed E-state index contributed by atoms with van der Waals surface area (Å²) in [6.45, 7) is 5.18. The minimum absolute atomic E-state index is 0.202. The first-order valence-electron chi connectivity index (χ1n) is 15.7. The van der Waals surface area contributed by atoms with Gasteiger partial charge in [0, 0.05) is 13.0 Å². The molecule has 0 aromatic heterocycles. The molecule has 0 saturated carbocycles. The van der Waals surface area contributed by atoms with Crippen LogP contribution in [0.15, 0.2) is 91.0 Å². The number of hydrogen-bond acceptors (Lipinski definition) is 4. The molecular weight excluding hydrogens is 548 g/mol. The largest absolute Gasteiger partial charge is 0.491 e. The Labute approximate surface area is 261 Å². The van der Waals surface area contributed by atoms with Crippen molar-refractivity contribution in [2.24, 2.45) is 0 Å². The molecule has 0 bridgehead atoms. The average Bonchev–Trinajstić information content (AvgIpc) is 3.19. The zero-order valence-electron chi connectivity index (χ0n) is 25.7. The molecule has 0 saturated heterocycles. The van der Waals surface area contributed by atoms with E-state index in [0.717, 1.165) is 37.0 Å². The minimum Gasteiger partial charge on any atom is -0.491 e. The highest BCUT2D eigenvalue weighted by atomic mass is 16.5. The van der Waals surface area contributed by atoms with Crippen LogP contribution in [0.1, 0.15) is 70.9 Å². The second kappa shape index (κ2) is 15.5. The second-order valence-electron chi connectivity index (χ2n) is 11.2. The first-order chi connectivity index (χ1) is 21.5. The Morgan fingerprint density at radius 3 is 1.95 bits per heavy atom. The number of fused-ring (bicyclic) bond motifs is 2. The summed E-state index contributed by atoms with van der Waals surface area (Å²) >= 11 is 0. The van der Waals surface area contributed by atoms with Gasteiger partial charge in [0.2, 0.25) is 0 Å². The Balaban J connectivity index is 1.27. The Bertz CT molecular complexity index is 1540. The van der Waals surface area contributed by atoms with Gasteiger partial charge >= 0.3 is 5.97 Å². The standard InChI is InChI=1S/C39H42O5/c1-3-8-29-15-21-35-32(25-29)17-18-33-26-30(12-11-28-9-6-5-7-10-28)16-22-36(33)38(35)44-24-23-43-34-19-13-31(14-20-34)27-37(39(40)41)42-4-2/h5-7,9-10,13-22,25-26,37-38H,3-4,8,11-12,23-24,27H2,1-2H3,(H,40,41). The first kappa shape index (κ1) is 31.2. The molecule has 4 aromatic carbocycles. The number of ether oxygens (including phenoxy) is 3. The summed E-state index contributed by atoms with van der Waals surface area (Å²) in [5.74, 6) is -0.234. The van der Waals surface area contributed by atoms with Gasteiger partial charge in [0.15, 0.2) is 6.10 Å². The molecule has 5 nitrogen and oxygen atoms in total. The zero-order valence-corrected chi connectivity index (χ0v) is 25.7. The molecular formula is C39H42O5. The highest BCUT2D eigenvalue weighted by Gasteiger charge is 2.23. The third-order valence-electron chi connectivity index (χ3n) is 8.02. The summed E-state index contributed by atoms with van der Waals surface area (Å²) in [7, 11) is 0. The van der Waals surface area contributed by atoms with Gasteiger partial charge in [-0.05, 0) is 82.8 Å². The third kappa shape index (κ3) is 8.25. The van der Waals surface area contributed by atoms with Crippen LogP contribution in [0.5, 0.6) is 5.75 Å². The summed E-state index contributed by atoms with van der Waals surface area (Å²) in [5, 5.41) is 9.36. The average molecular weight is 591 g/mol. The van der Waals surface area contributed by atoms with Gasteiger partial charge in [-0.2, -0.15) is 0 Å². The van der Waals surface area contributed by atoms with E-state index in [0.29, 0.717) is 26.2 Å². The Morgan fingerprint density at radius 2 is 1.34 bits per heavy atom. The van der Waals surface area contributed by atoms with Crippen molar-refractivity contribution < 1.29 is 24.1 Å². The molecule has 0 radical (unpaired) electrons. The SMILES string of the molecule is CCCc1ccc2c(c1)C=Cc1cc(CCc3ccccc3)ccc1C2OCCOc1ccc(CC(OCC)C(=O)O)cc1. The van der Waals surface area contributed by atoms with Gasteiger partial charge < -0.3 is 19.3 Å². The fourth-order valence-corrected chi connectivity index (χ4v) is 5.75. The molecule has 0 amide bonds. The quantitative estimate of drug-likeness (QED) is 0.142. The van der Waals surface area contributed by atoms with Crippen LogP contribution in [0.2, 0.25) is 0 Å². The first-order valence-corrected chi connectivity index (χ1v) is 15.7. The molecule has 0 heterocycles. The van der Waals surface area contributed by atoms with E-state index in [-0.39, 0.29) is 6.10 Å². The van der Waals surface area contributed by atoms with Gasteiger partial charge in [-0.3, -0.25) is 0 Å². The Hall–Kier alpha value is -4.19. The number of carboxylic acids is 1. The molecule has 0 spiro atoms. The number of rotatable bonds is 15. The normalized spacial score (nSPS) is 14.4. The summed E-state index contributed by atoms with van der Waals surface area (Å²) in [6, 6.07) is 31.7. The van der Waals surface area contributed by atoms with Crippen LogP contribution in [-0.2, 0) is 40.0 Å². The van der Waals surface area contributed by atoms with E-state index in [1.165, 1.54) is 38.9 Å². The van der Waals surface area contributed by atoms with E-state index in [1.54, 1.807) is 6.92 Å². The molecule has 4 aromatic rings. The maximum absolute atomic E-state index is 11.4. The summed E-state index contributed by atoms with van der Waals surface area (Å²) in [5.41, 5.74) is 9.62. The fourth-order valence-electron chi connectivity index (χ4n) is 5.75. The van der Waals surface area contributed by atoms with Crippen molar-refractivity contribution in [3.05, 3.63) is 136 Å². The second-order valence-corrected chi connectivity index (χ2v) is 11.2. The molecule has 5 rings (SSSR count). The van der Waals surface area contributed by atoms with E-state index < -0.39 is 12.1 Å². The number of carbonyl (C=O) groups is 1. The van der Waals surface area contributed by atoms with E-state index in [4.69, 9.17) is 14.2 Å². The maximum Gasteiger partial charge on any atom is 0.333 e. The van der Waals surface area contributed by atoms with Crippen LogP contribution >= 0.6 is 0 Å². The molecule has 2 atom stereocenters. The van der Waals surface area contributed by atoms with Crippen LogP contribution < -0.4 is 4.74 Å². The number of carboxylic acid groups (broad SMARTS) is 1. The molecule has 0 aliphatic heterocycles. The number of aryl methyl sites for hydroxylation is 3. The van der Waals surface area contributed by atoms with E-state index in [9.17, 15) is 9.90 Å². The van der Waals surface area contributed by atoms with Gasteiger partial charge in [0.05, 0.1) is 6.61 Å². The Kier molecular flexibility index (Phi) is 11.0. The van der Waals surface area contributed by atoms with Crippen LogP contribution in [0.25, 0.3) is 12.2 Å². The van der Waals surface area contributed by atoms with Crippen LogP contribution in [0.3, 0.4) is 0 Å². The molecule has 1 N–H and O–H groups in total. The monoisotopic (exact) mass is 590 g/mol. The van der Waals surface area contributed by atoms with Crippen molar-refractivity contribution in [1.29, 1.82) is 0 Å². The number of aliphatic carboxylic acids is 1. The smallest absolute Gasteiger partial charge is 0.333 e. The fraction of sp³-hybridized carbons (Fsp3) is 0.308. The summed E-state index contributed by atoms with van der Waals surface area (Å²) < 4.78 is 17.9. The van der Waals surface area contributed by atoms with Crippen molar-refractivity contribution in [2.45, 2.75) is 58.2 Å². The van der Waals surface area contributed by atoms with Gasteiger partial charge in [-0.1, -0.05) is 104 Å². The zero-order chi connectivity index (χ0) is 30.7. The van der Waals surface area contributed by atoms with Crippen molar-refractivity contribution in [3.63, 3.8) is 0 Å². The minimum atomic E-state index is -0.953. The van der Waals surface area contributed by atoms with Crippen molar-refractivity contribution in [3.8, 4) is 5.75 Å². The lowest BCUT2D eigenvalue weighted by Crippen LogP contribution is -2.26. The van der Waals surface area contributed by atoms with Crippen molar-refractivity contribution >= 4 is 18.1 Å². The molecule has 1 aliphatic rings. The molecule has 2 unspecified atom stereocenters. The molecule has 228 valence electrons. The van der Waals surface area contributed by atoms with Crippen LogP contribution in [0.4, 0.5) is 0 Å². The van der Waals surface area contributed by atoms with E-state index >= 15 is 0 Å². The van der Waals surface area contributed by atoms with Crippen molar-refractivity contribution in [2.75, 3.05) is 19.8 Å². The van der Waals surface area contributed by atoms with Gasteiger partial charge in [0.25, 0.3) is 0 Å². The predicted octanol–water partition coefficient (Wildman–Crippen LogP) is 8.13. The maximum atomic E-state index is 11.4. The molecule has 0 fully saturated rings. The summed E-state index contributed by atoms with van der Waals surface area (Å²) in [6.07, 6.45) is 7.89. The number of benzene rings is 4. The van der Waals surface area contributed by atoms with E-state index in [2.05, 4.69) is 85.8 Å². The Morgan fingerprint density at radius 1 is 0.727 bits per heavy atom. The number of hydrogen-bond donors (Lipinski definition) is 1. The topological polar surface area (TPSA) is 65.0 Å².